The monoisotopic (exact) mass is 234 g/mol. The van der Waals surface area contributed by atoms with Crippen LogP contribution in [0.25, 0.3) is 0 Å². The number of hydrogen-bond donors (Lipinski definition) is 0. The summed E-state index contributed by atoms with van der Waals surface area (Å²) in [4.78, 5) is 10.6. The fraction of sp³-hybridized carbons (Fsp3) is 0.533. The number of aldehydes is 1. The van der Waals surface area contributed by atoms with Crippen LogP contribution >= 0.6 is 0 Å². The summed E-state index contributed by atoms with van der Waals surface area (Å²) in [5, 5.41) is 0. The second-order valence-corrected chi connectivity index (χ2v) is 4.32. The fourth-order valence-electron chi connectivity index (χ4n) is 1.79. The van der Waals surface area contributed by atoms with Crippen LogP contribution in [-0.2, 0) is 16.1 Å². The van der Waals surface area contributed by atoms with E-state index in [4.69, 9.17) is 4.74 Å². The van der Waals surface area contributed by atoms with Crippen LogP contribution in [0.3, 0.4) is 0 Å². The molecule has 0 aliphatic rings. The second-order valence-electron chi connectivity index (χ2n) is 4.32. The Hall–Kier alpha value is -1.15. The van der Waals surface area contributed by atoms with Crippen LogP contribution in [0, 0.1) is 0 Å². The third-order valence-corrected chi connectivity index (χ3v) is 2.82. The largest absolute Gasteiger partial charge is 0.373 e. The van der Waals surface area contributed by atoms with Gasteiger partial charge in [0.15, 0.2) is 0 Å². The quantitative estimate of drug-likeness (QED) is 0.480. The Morgan fingerprint density at radius 2 is 2.00 bits per heavy atom. The molecule has 1 rings (SSSR count). The Morgan fingerprint density at radius 1 is 1.24 bits per heavy atom. The van der Waals surface area contributed by atoms with Gasteiger partial charge in [0, 0.05) is 6.42 Å². The van der Waals surface area contributed by atoms with Gasteiger partial charge in [0.2, 0.25) is 0 Å². The zero-order valence-electron chi connectivity index (χ0n) is 10.6. The second kappa shape index (κ2) is 8.94. The van der Waals surface area contributed by atoms with E-state index >= 15 is 0 Å². The van der Waals surface area contributed by atoms with Gasteiger partial charge < -0.3 is 9.53 Å². The van der Waals surface area contributed by atoms with Crippen LogP contribution in [0.2, 0.25) is 0 Å². The Labute approximate surface area is 104 Å². The van der Waals surface area contributed by atoms with Gasteiger partial charge in [-0.25, -0.2) is 0 Å². The van der Waals surface area contributed by atoms with E-state index in [1.165, 1.54) is 18.4 Å². The molecule has 0 saturated heterocycles. The number of rotatable bonds is 9. The number of carbonyl (C=O) groups excluding carboxylic acids is 1. The Balaban J connectivity index is 2.30. The van der Waals surface area contributed by atoms with Crippen LogP contribution < -0.4 is 0 Å². The molecule has 0 aromatic heterocycles. The van der Waals surface area contributed by atoms with E-state index in [-0.39, 0.29) is 6.10 Å². The fourth-order valence-corrected chi connectivity index (χ4v) is 1.79. The standard InChI is InChI=1S/C15H22O2/c1-2-3-5-10-15(11-12-16)17-13-14-8-6-4-7-9-14/h4,6-9,12,15H,2-3,5,10-11,13H2,1H3. The average Bonchev–Trinajstić information content (AvgIpc) is 2.37. The highest BCUT2D eigenvalue weighted by Gasteiger charge is 2.08. The van der Waals surface area contributed by atoms with Crippen molar-refractivity contribution in [2.24, 2.45) is 0 Å². The summed E-state index contributed by atoms with van der Waals surface area (Å²) >= 11 is 0. The van der Waals surface area contributed by atoms with Crippen molar-refractivity contribution in [3.63, 3.8) is 0 Å². The van der Waals surface area contributed by atoms with Gasteiger partial charge >= 0.3 is 0 Å². The highest BCUT2D eigenvalue weighted by atomic mass is 16.5. The first kappa shape index (κ1) is 13.9. The molecular formula is C15H22O2. The lowest BCUT2D eigenvalue weighted by atomic mass is 10.1. The van der Waals surface area contributed by atoms with Crippen molar-refractivity contribution in [3.8, 4) is 0 Å². The van der Waals surface area contributed by atoms with Crippen molar-refractivity contribution in [2.45, 2.75) is 51.7 Å². The van der Waals surface area contributed by atoms with E-state index < -0.39 is 0 Å². The molecule has 1 unspecified atom stereocenters. The maximum Gasteiger partial charge on any atom is 0.122 e. The normalized spacial score (nSPS) is 12.3. The molecule has 0 aliphatic carbocycles. The van der Waals surface area contributed by atoms with Crippen molar-refractivity contribution in [1.29, 1.82) is 0 Å². The van der Waals surface area contributed by atoms with Gasteiger partial charge in [-0.1, -0.05) is 56.5 Å². The van der Waals surface area contributed by atoms with Crippen LogP contribution in [0.4, 0.5) is 0 Å². The zero-order chi connectivity index (χ0) is 12.3. The van der Waals surface area contributed by atoms with Crippen LogP contribution in [-0.4, -0.2) is 12.4 Å². The topological polar surface area (TPSA) is 26.3 Å². The molecule has 0 amide bonds. The molecule has 2 heteroatoms. The van der Waals surface area contributed by atoms with E-state index in [1.54, 1.807) is 0 Å². The van der Waals surface area contributed by atoms with Crippen molar-refractivity contribution >= 4 is 6.29 Å². The Morgan fingerprint density at radius 3 is 2.65 bits per heavy atom. The minimum absolute atomic E-state index is 0.0826. The molecule has 2 nitrogen and oxygen atoms in total. The summed E-state index contributed by atoms with van der Waals surface area (Å²) in [7, 11) is 0. The molecule has 0 saturated carbocycles. The summed E-state index contributed by atoms with van der Waals surface area (Å²) in [6.07, 6.45) is 6.09. The van der Waals surface area contributed by atoms with Gasteiger partial charge in [-0.15, -0.1) is 0 Å². The minimum Gasteiger partial charge on any atom is -0.373 e. The average molecular weight is 234 g/mol. The molecule has 0 N–H and O–H groups in total. The summed E-state index contributed by atoms with van der Waals surface area (Å²) in [5.41, 5.74) is 1.17. The third kappa shape index (κ3) is 6.22. The van der Waals surface area contributed by atoms with Gasteiger partial charge in [-0.2, -0.15) is 0 Å². The lowest BCUT2D eigenvalue weighted by molar-refractivity contribution is -0.110. The molecule has 0 heterocycles. The maximum atomic E-state index is 10.6. The minimum atomic E-state index is 0.0826. The molecule has 17 heavy (non-hydrogen) atoms. The molecule has 1 atom stereocenters. The van der Waals surface area contributed by atoms with Crippen LogP contribution in [0.1, 0.15) is 44.6 Å². The number of carbonyl (C=O) groups is 1. The first-order valence-corrected chi connectivity index (χ1v) is 6.46. The highest BCUT2D eigenvalue weighted by Crippen LogP contribution is 2.12. The number of unbranched alkanes of at least 4 members (excludes halogenated alkanes) is 2. The zero-order valence-corrected chi connectivity index (χ0v) is 10.6. The molecule has 0 bridgehead atoms. The van der Waals surface area contributed by atoms with Gasteiger partial charge in [0.05, 0.1) is 12.7 Å². The molecule has 1 aromatic carbocycles. The van der Waals surface area contributed by atoms with Crippen LogP contribution in [0.5, 0.6) is 0 Å². The first-order valence-electron chi connectivity index (χ1n) is 6.46. The lowest BCUT2D eigenvalue weighted by Gasteiger charge is -2.15. The predicted octanol–water partition coefficient (Wildman–Crippen LogP) is 3.74. The van der Waals surface area contributed by atoms with Gasteiger partial charge in [0.1, 0.15) is 6.29 Å². The molecule has 1 aromatic rings. The van der Waals surface area contributed by atoms with Crippen molar-refractivity contribution in [2.75, 3.05) is 0 Å². The van der Waals surface area contributed by atoms with Crippen molar-refractivity contribution < 1.29 is 9.53 Å². The number of ether oxygens (including phenoxy) is 1. The Kier molecular flexibility index (Phi) is 7.32. The van der Waals surface area contributed by atoms with E-state index in [1.807, 2.05) is 30.3 Å². The predicted molar refractivity (Wildman–Crippen MR) is 69.8 cm³/mol. The Bertz CT molecular complexity index is 295. The number of hydrogen-bond acceptors (Lipinski definition) is 2. The lowest BCUT2D eigenvalue weighted by Crippen LogP contribution is -2.13. The highest BCUT2D eigenvalue weighted by molar-refractivity contribution is 5.50. The molecule has 0 fully saturated rings. The van der Waals surface area contributed by atoms with Crippen LogP contribution in [0.15, 0.2) is 30.3 Å². The van der Waals surface area contributed by atoms with Gasteiger partial charge in [-0.3, -0.25) is 0 Å². The van der Waals surface area contributed by atoms with Gasteiger partial charge in [-0.05, 0) is 12.0 Å². The maximum absolute atomic E-state index is 10.6. The van der Waals surface area contributed by atoms with E-state index in [0.29, 0.717) is 13.0 Å². The smallest absolute Gasteiger partial charge is 0.122 e. The summed E-state index contributed by atoms with van der Waals surface area (Å²) in [6, 6.07) is 10.1. The summed E-state index contributed by atoms with van der Waals surface area (Å²) in [5.74, 6) is 0. The SMILES string of the molecule is CCCCCC(CC=O)OCc1ccccc1. The van der Waals surface area contributed by atoms with Gasteiger partial charge in [0.25, 0.3) is 0 Å². The first-order chi connectivity index (χ1) is 8.36. The van der Waals surface area contributed by atoms with E-state index in [0.717, 1.165) is 19.1 Å². The number of benzene rings is 1. The van der Waals surface area contributed by atoms with E-state index in [2.05, 4.69) is 6.92 Å². The molecular weight excluding hydrogens is 212 g/mol. The van der Waals surface area contributed by atoms with E-state index in [9.17, 15) is 4.79 Å². The third-order valence-electron chi connectivity index (χ3n) is 2.82. The molecule has 94 valence electrons. The molecule has 0 aliphatic heterocycles. The van der Waals surface area contributed by atoms with Crippen molar-refractivity contribution in [1.82, 2.24) is 0 Å². The summed E-state index contributed by atoms with van der Waals surface area (Å²) < 4.78 is 5.78. The molecule has 0 spiro atoms. The van der Waals surface area contributed by atoms with Crippen molar-refractivity contribution in [3.05, 3.63) is 35.9 Å². The summed E-state index contributed by atoms with van der Waals surface area (Å²) in [6.45, 7) is 2.78. The molecule has 0 radical (unpaired) electrons.